The highest BCUT2D eigenvalue weighted by molar-refractivity contribution is 6.09. The number of rotatable bonds is 6. The number of benzene rings is 8. The van der Waals surface area contributed by atoms with Gasteiger partial charge in [-0.3, -0.25) is 0 Å². The molecule has 0 amide bonds. The highest BCUT2D eigenvalue weighted by atomic mass is 15.1. The Balaban J connectivity index is 1.24. The minimum atomic E-state index is -0.433. The highest BCUT2D eigenvalue weighted by Crippen LogP contribution is 2.62. The number of fused-ring (bicyclic) bond motifs is 10. The van der Waals surface area contributed by atoms with E-state index in [0.29, 0.717) is 0 Å². The van der Waals surface area contributed by atoms with Gasteiger partial charge < -0.3 is 4.90 Å². The topological polar surface area (TPSA) is 3.24 Å². The predicted octanol–water partition coefficient (Wildman–Crippen LogP) is 14.8. The molecule has 8 aromatic rings. The molecule has 268 valence electrons. The first kappa shape index (κ1) is 33.8. The van der Waals surface area contributed by atoms with Crippen molar-refractivity contribution in [3.8, 4) is 22.3 Å². The number of allylic oxidation sites excluding steroid dienone is 5. The lowest BCUT2D eigenvalue weighted by molar-refractivity contribution is 0.558. The zero-order chi connectivity index (χ0) is 38.0. The van der Waals surface area contributed by atoms with Gasteiger partial charge in [-0.1, -0.05) is 178 Å². The summed E-state index contributed by atoms with van der Waals surface area (Å²) < 4.78 is 0. The van der Waals surface area contributed by atoms with Gasteiger partial charge in [0, 0.05) is 22.5 Å². The zero-order valence-electron chi connectivity index (χ0n) is 32.1. The van der Waals surface area contributed by atoms with Gasteiger partial charge in [0.25, 0.3) is 0 Å². The van der Waals surface area contributed by atoms with Gasteiger partial charge in [0.2, 0.25) is 0 Å². The fourth-order valence-corrected chi connectivity index (χ4v) is 10.0. The molecular weight excluding hydrogens is 675 g/mol. The van der Waals surface area contributed by atoms with Crippen molar-refractivity contribution in [3.63, 3.8) is 0 Å². The molecule has 1 unspecified atom stereocenters. The fraction of sp³-hybridized carbons (Fsp3) is 0.0909. The van der Waals surface area contributed by atoms with Gasteiger partial charge in [-0.05, 0) is 121 Å². The number of anilines is 3. The van der Waals surface area contributed by atoms with Crippen LogP contribution in [-0.4, -0.2) is 0 Å². The van der Waals surface area contributed by atoms with Crippen molar-refractivity contribution in [2.24, 2.45) is 0 Å². The lowest BCUT2D eigenvalue weighted by Gasteiger charge is -2.47. The van der Waals surface area contributed by atoms with Crippen LogP contribution in [0.2, 0.25) is 0 Å². The van der Waals surface area contributed by atoms with Crippen molar-refractivity contribution in [2.75, 3.05) is 4.90 Å². The second-order valence-corrected chi connectivity index (χ2v) is 15.8. The highest BCUT2D eigenvalue weighted by Gasteiger charge is 2.52. The molecule has 1 spiro atoms. The van der Waals surface area contributed by atoms with Crippen molar-refractivity contribution in [3.05, 3.63) is 234 Å². The van der Waals surface area contributed by atoms with Gasteiger partial charge in [0.05, 0.1) is 5.41 Å². The smallest absolute Gasteiger partial charge is 0.0679 e. The molecule has 8 aromatic carbocycles. The van der Waals surface area contributed by atoms with Crippen LogP contribution in [0.1, 0.15) is 43.0 Å². The van der Waals surface area contributed by atoms with E-state index in [1.54, 1.807) is 0 Å². The Morgan fingerprint density at radius 2 is 1.09 bits per heavy atom. The SMILES string of the molecule is C=C/C=C\C1=C(C)C2(c3ccccc3-c3cc(N(c4cccc(-c5ccccc5)c4)c4ccc5ccc6ccccc6c5c4)ccc32)c2ccccc2C1(C)C. The van der Waals surface area contributed by atoms with Crippen molar-refractivity contribution < 1.29 is 0 Å². The van der Waals surface area contributed by atoms with E-state index in [1.807, 2.05) is 6.08 Å². The third-order valence-corrected chi connectivity index (χ3v) is 12.5. The van der Waals surface area contributed by atoms with Crippen LogP contribution in [0.3, 0.4) is 0 Å². The third kappa shape index (κ3) is 4.94. The van der Waals surface area contributed by atoms with E-state index in [2.05, 4.69) is 220 Å². The molecule has 0 bridgehead atoms. The average Bonchev–Trinajstić information content (AvgIpc) is 3.54. The van der Waals surface area contributed by atoms with E-state index >= 15 is 0 Å². The number of nitrogens with zero attached hydrogens (tertiary/aromatic N) is 1. The minimum Gasteiger partial charge on any atom is -0.310 e. The Hall–Kier alpha value is -6.70. The Morgan fingerprint density at radius 1 is 0.482 bits per heavy atom. The molecule has 0 radical (unpaired) electrons. The van der Waals surface area contributed by atoms with E-state index in [9.17, 15) is 0 Å². The molecule has 1 atom stereocenters. The molecule has 1 nitrogen and oxygen atoms in total. The average molecular weight is 718 g/mol. The molecule has 0 saturated carbocycles. The minimum absolute atomic E-state index is 0.177. The summed E-state index contributed by atoms with van der Waals surface area (Å²) >= 11 is 0. The zero-order valence-corrected chi connectivity index (χ0v) is 32.1. The third-order valence-electron chi connectivity index (χ3n) is 12.5. The quantitative estimate of drug-likeness (QED) is 0.122. The predicted molar refractivity (Wildman–Crippen MR) is 238 cm³/mol. The molecule has 2 aliphatic carbocycles. The number of hydrogen-bond acceptors (Lipinski definition) is 1. The lowest BCUT2D eigenvalue weighted by Crippen LogP contribution is -2.40. The summed E-state index contributed by atoms with van der Waals surface area (Å²) in [5.74, 6) is 0. The normalized spacial score (nSPS) is 16.6. The van der Waals surface area contributed by atoms with Crippen LogP contribution in [0.25, 0.3) is 43.8 Å². The van der Waals surface area contributed by atoms with Crippen LogP contribution in [0, 0.1) is 0 Å². The molecule has 0 N–H and O–H groups in total. The summed E-state index contributed by atoms with van der Waals surface area (Å²) in [6.45, 7) is 11.1. The van der Waals surface area contributed by atoms with Crippen LogP contribution < -0.4 is 4.90 Å². The Morgan fingerprint density at radius 3 is 1.91 bits per heavy atom. The van der Waals surface area contributed by atoms with Gasteiger partial charge >= 0.3 is 0 Å². The summed E-state index contributed by atoms with van der Waals surface area (Å²) in [7, 11) is 0. The van der Waals surface area contributed by atoms with Gasteiger partial charge in [-0.15, -0.1) is 0 Å². The second kappa shape index (κ2) is 13.0. The van der Waals surface area contributed by atoms with Crippen LogP contribution in [0.4, 0.5) is 17.1 Å². The largest absolute Gasteiger partial charge is 0.310 e. The van der Waals surface area contributed by atoms with Crippen LogP contribution in [-0.2, 0) is 10.8 Å². The van der Waals surface area contributed by atoms with Crippen molar-refractivity contribution >= 4 is 38.6 Å². The summed E-state index contributed by atoms with van der Waals surface area (Å²) in [5.41, 5.74) is 15.8. The molecule has 0 saturated heterocycles. The van der Waals surface area contributed by atoms with Gasteiger partial charge in [-0.2, -0.15) is 0 Å². The molecule has 10 rings (SSSR count). The molecule has 0 heterocycles. The summed E-state index contributed by atoms with van der Waals surface area (Å²) in [6, 6.07) is 65.2. The Labute approximate surface area is 330 Å². The maximum atomic E-state index is 4.04. The summed E-state index contributed by atoms with van der Waals surface area (Å²) in [5, 5.41) is 4.99. The first-order valence-electron chi connectivity index (χ1n) is 19.6. The molecule has 0 aliphatic heterocycles. The van der Waals surface area contributed by atoms with Crippen molar-refractivity contribution in [2.45, 2.75) is 31.6 Å². The van der Waals surface area contributed by atoms with Crippen molar-refractivity contribution in [1.82, 2.24) is 0 Å². The first-order valence-corrected chi connectivity index (χ1v) is 19.6. The summed E-state index contributed by atoms with van der Waals surface area (Å²) in [4.78, 5) is 2.44. The molecular formula is C55H43N. The fourth-order valence-electron chi connectivity index (χ4n) is 10.0. The monoisotopic (exact) mass is 717 g/mol. The molecule has 0 fully saturated rings. The van der Waals surface area contributed by atoms with E-state index in [-0.39, 0.29) is 5.41 Å². The van der Waals surface area contributed by atoms with Crippen LogP contribution in [0.15, 0.2) is 212 Å². The van der Waals surface area contributed by atoms with Gasteiger partial charge in [0.15, 0.2) is 0 Å². The van der Waals surface area contributed by atoms with Crippen LogP contribution in [0.5, 0.6) is 0 Å². The molecule has 2 aliphatic rings. The van der Waals surface area contributed by atoms with E-state index in [1.165, 1.54) is 77.2 Å². The summed E-state index contributed by atoms with van der Waals surface area (Å²) in [6.07, 6.45) is 6.28. The van der Waals surface area contributed by atoms with E-state index in [4.69, 9.17) is 0 Å². The van der Waals surface area contributed by atoms with Crippen molar-refractivity contribution in [1.29, 1.82) is 0 Å². The maximum Gasteiger partial charge on any atom is 0.0679 e. The molecule has 1 heteroatoms. The second-order valence-electron chi connectivity index (χ2n) is 15.8. The first-order chi connectivity index (χ1) is 27.4. The number of hydrogen-bond donors (Lipinski definition) is 0. The molecule has 56 heavy (non-hydrogen) atoms. The van der Waals surface area contributed by atoms with E-state index in [0.717, 1.165) is 17.1 Å². The van der Waals surface area contributed by atoms with E-state index < -0.39 is 5.41 Å². The standard InChI is InChI=1S/C55H43N/c1-5-6-24-49-37(2)55(53-27-15-14-26-52(53)54(49,3)4)50-25-13-12-23-46(50)48-36-44(32-33-51(48)55)56(42-21-16-20-41(34-42)38-17-8-7-9-18-38)43-31-30-40-29-28-39-19-10-11-22-45(39)47(40)35-43/h5-36H,1H2,2-4H3/b24-6-. The Kier molecular flexibility index (Phi) is 7.83. The Bertz CT molecular complexity index is 2920. The lowest BCUT2D eigenvalue weighted by atomic mass is 9.56. The van der Waals surface area contributed by atoms with Gasteiger partial charge in [0.1, 0.15) is 0 Å². The molecule has 0 aromatic heterocycles. The van der Waals surface area contributed by atoms with Gasteiger partial charge in [-0.25, -0.2) is 0 Å². The maximum absolute atomic E-state index is 4.04. The van der Waals surface area contributed by atoms with Crippen LogP contribution >= 0.6 is 0 Å².